The average molecular weight is 246 g/mol. The Morgan fingerprint density at radius 1 is 1.39 bits per heavy atom. The minimum Gasteiger partial charge on any atom is -0.326 e. The van der Waals surface area contributed by atoms with Crippen molar-refractivity contribution < 1.29 is 4.79 Å². The molecule has 2 rings (SSSR count). The van der Waals surface area contributed by atoms with Crippen LogP contribution in [0.1, 0.15) is 32.6 Å². The molecule has 1 saturated heterocycles. The van der Waals surface area contributed by atoms with Crippen LogP contribution in [0.4, 0.5) is 5.69 Å². The van der Waals surface area contributed by atoms with Crippen LogP contribution in [-0.4, -0.2) is 18.5 Å². The van der Waals surface area contributed by atoms with E-state index in [1.54, 1.807) is 0 Å². The Morgan fingerprint density at radius 3 is 2.83 bits per heavy atom. The van der Waals surface area contributed by atoms with Crippen molar-refractivity contribution in [3.05, 3.63) is 30.3 Å². The van der Waals surface area contributed by atoms with Crippen molar-refractivity contribution in [3.63, 3.8) is 0 Å². The van der Waals surface area contributed by atoms with Gasteiger partial charge in [0, 0.05) is 18.2 Å². The van der Waals surface area contributed by atoms with Gasteiger partial charge in [0.15, 0.2) is 0 Å². The summed E-state index contributed by atoms with van der Waals surface area (Å²) in [4.78, 5) is 11.9. The highest BCUT2D eigenvalue weighted by atomic mass is 16.1. The van der Waals surface area contributed by atoms with Gasteiger partial charge in [-0.05, 0) is 37.4 Å². The summed E-state index contributed by atoms with van der Waals surface area (Å²) in [6.45, 7) is 3.25. The van der Waals surface area contributed by atoms with Crippen LogP contribution in [0.3, 0.4) is 0 Å². The van der Waals surface area contributed by atoms with E-state index < -0.39 is 0 Å². The molecule has 3 nitrogen and oxygen atoms in total. The van der Waals surface area contributed by atoms with E-state index in [1.165, 1.54) is 19.3 Å². The number of carbonyl (C=O) groups excluding carboxylic acids is 1. The minimum atomic E-state index is 0.112. The fourth-order valence-electron chi connectivity index (χ4n) is 2.53. The second-order valence-electron chi connectivity index (χ2n) is 5.15. The monoisotopic (exact) mass is 246 g/mol. The lowest BCUT2D eigenvalue weighted by Gasteiger charge is -2.28. The number of benzene rings is 1. The van der Waals surface area contributed by atoms with E-state index in [-0.39, 0.29) is 5.91 Å². The molecule has 2 atom stereocenters. The Morgan fingerprint density at radius 2 is 2.17 bits per heavy atom. The van der Waals surface area contributed by atoms with Gasteiger partial charge in [0.25, 0.3) is 0 Å². The molecule has 1 fully saturated rings. The molecule has 1 aliphatic heterocycles. The zero-order chi connectivity index (χ0) is 12.8. The van der Waals surface area contributed by atoms with Crippen molar-refractivity contribution in [1.82, 2.24) is 5.32 Å². The van der Waals surface area contributed by atoms with Crippen LogP contribution < -0.4 is 10.6 Å². The maximum Gasteiger partial charge on any atom is 0.224 e. The summed E-state index contributed by atoms with van der Waals surface area (Å²) in [5.41, 5.74) is 0.881. The summed E-state index contributed by atoms with van der Waals surface area (Å²) in [5.74, 6) is 0.509. The third kappa shape index (κ3) is 3.84. The molecule has 2 N–H and O–H groups in total. The van der Waals surface area contributed by atoms with Crippen molar-refractivity contribution >= 4 is 11.6 Å². The number of hydrogen-bond acceptors (Lipinski definition) is 2. The highest BCUT2D eigenvalue weighted by Crippen LogP contribution is 2.18. The first kappa shape index (κ1) is 13.1. The summed E-state index contributed by atoms with van der Waals surface area (Å²) >= 11 is 0. The molecule has 0 spiro atoms. The van der Waals surface area contributed by atoms with Crippen molar-refractivity contribution in [3.8, 4) is 0 Å². The topological polar surface area (TPSA) is 41.1 Å². The molecule has 3 heteroatoms. The normalized spacial score (nSPS) is 21.3. The van der Waals surface area contributed by atoms with E-state index in [0.29, 0.717) is 18.4 Å². The van der Waals surface area contributed by atoms with Gasteiger partial charge in [-0.1, -0.05) is 31.5 Å². The molecule has 1 heterocycles. The first-order valence-electron chi connectivity index (χ1n) is 6.84. The maximum atomic E-state index is 11.9. The molecule has 1 amide bonds. The highest BCUT2D eigenvalue weighted by Gasteiger charge is 2.21. The summed E-state index contributed by atoms with van der Waals surface area (Å²) in [6.07, 6.45) is 4.33. The zero-order valence-corrected chi connectivity index (χ0v) is 11.0. The van der Waals surface area contributed by atoms with Crippen LogP contribution in [0.2, 0.25) is 0 Å². The summed E-state index contributed by atoms with van der Waals surface area (Å²) in [6, 6.07) is 10.1. The predicted octanol–water partition coefficient (Wildman–Crippen LogP) is 2.79. The van der Waals surface area contributed by atoms with Gasteiger partial charge in [-0.15, -0.1) is 0 Å². The van der Waals surface area contributed by atoms with Gasteiger partial charge in [0.05, 0.1) is 0 Å². The van der Waals surface area contributed by atoms with Crippen LogP contribution in [-0.2, 0) is 4.79 Å². The number of para-hydroxylation sites is 1. The lowest BCUT2D eigenvalue weighted by Crippen LogP contribution is -2.40. The number of rotatable bonds is 4. The maximum absolute atomic E-state index is 11.9. The Balaban J connectivity index is 1.79. The van der Waals surface area contributed by atoms with E-state index in [9.17, 15) is 4.79 Å². The minimum absolute atomic E-state index is 0.112. The Hall–Kier alpha value is -1.35. The molecule has 98 valence electrons. The van der Waals surface area contributed by atoms with E-state index >= 15 is 0 Å². The van der Waals surface area contributed by atoms with Gasteiger partial charge in [-0.3, -0.25) is 4.79 Å². The smallest absolute Gasteiger partial charge is 0.224 e. The third-order valence-electron chi connectivity index (χ3n) is 3.60. The van der Waals surface area contributed by atoms with Crippen molar-refractivity contribution in [2.24, 2.45) is 5.92 Å². The Labute approximate surface area is 109 Å². The van der Waals surface area contributed by atoms with Crippen molar-refractivity contribution in [2.45, 2.75) is 38.6 Å². The van der Waals surface area contributed by atoms with Crippen LogP contribution in [0.5, 0.6) is 0 Å². The molecule has 0 bridgehead atoms. The fourth-order valence-corrected chi connectivity index (χ4v) is 2.53. The number of anilines is 1. The van der Waals surface area contributed by atoms with Gasteiger partial charge in [0.1, 0.15) is 0 Å². The van der Waals surface area contributed by atoms with Gasteiger partial charge in [0.2, 0.25) is 5.91 Å². The van der Waals surface area contributed by atoms with Crippen LogP contribution in [0, 0.1) is 5.92 Å². The number of carbonyl (C=O) groups is 1. The van der Waals surface area contributed by atoms with Gasteiger partial charge < -0.3 is 10.6 Å². The SMILES string of the molecule is C[C@H](CC(=O)Nc1ccccc1)[C@H]1CCCCN1. The van der Waals surface area contributed by atoms with E-state index in [0.717, 1.165) is 12.2 Å². The summed E-state index contributed by atoms with van der Waals surface area (Å²) in [7, 11) is 0. The van der Waals surface area contributed by atoms with Crippen LogP contribution in [0.15, 0.2) is 30.3 Å². The number of amides is 1. The molecular formula is C15H22N2O. The molecule has 18 heavy (non-hydrogen) atoms. The second kappa shape index (κ2) is 6.55. The number of hydrogen-bond donors (Lipinski definition) is 2. The molecule has 1 aliphatic rings. The van der Waals surface area contributed by atoms with Crippen molar-refractivity contribution in [1.29, 1.82) is 0 Å². The Kier molecular flexibility index (Phi) is 4.76. The molecule has 0 aromatic heterocycles. The molecule has 0 unspecified atom stereocenters. The van der Waals surface area contributed by atoms with Gasteiger partial charge in [-0.2, -0.15) is 0 Å². The third-order valence-corrected chi connectivity index (χ3v) is 3.60. The molecule has 0 radical (unpaired) electrons. The first-order chi connectivity index (χ1) is 8.75. The van der Waals surface area contributed by atoms with E-state index in [2.05, 4.69) is 17.6 Å². The first-order valence-corrected chi connectivity index (χ1v) is 6.84. The van der Waals surface area contributed by atoms with Crippen LogP contribution in [0.25, 0.3) is 0 Å². The number of piperidine rings is 1. The summed E-state index contributed by atoms with van der Waals surface area (Å²) < 4.78 is 0. The molecular weight excluding hydrogens is 224 g/mol. The zero-order valence-electron chi connectivity index (χ0n) is 11.0. The lowest BCUT2D eigenvalue weighted by molar-refractivity contribution is -0.117. The summed E-state index contributed by atoms with van der Waals surface area (Å²) in [5, 5.41) is 6.45. The van der Waals surface area contributed by atoms with Crippen molar-refractivity contribution in [2.75, 3.05) is 11.9 Å². The van der Waals surface area contributed by atoms with Crippen LogP contribution >= 0.6 is 0 Å². The van der Waals surface area contributed by atoms with E-state index in [4.69, 9.17) is 0 Å². The molecule has 0 aliphatic carbocycles. The lowest BCUT2D eigenvalue weighted by atomic mass is 9.91. The average Bonchev–Trinajstić information content (AvgIpc) is 2.40. The largest absolute Gasteiger partial charge is 0.326 e. The quantitative estimate of drug-likeness (QED) is 0.857. The standard InChI is InChI=1S/C15H22N2O/c1-12(14-9-5-6-10-16-14)11-15(18)17-13-7-3-2-4-8-13/h2-4,7-8,12,14,16H,5-6,9-11H2,1H3,(H,17,18)/t12-,14-/m1/s1. The van der Waals surface area contributed by atoms with E-state index in [1.807, 2.05) is 30.3 Å². The molecule has 0 saturated carbocycles. The molecule has 1 aromatic carbocycles. The van der Waals surface area contributed by atoms with Gasteiger partial charge in [-0.25, -0.2) is 0 Å². The number of nitrogens with one attached hydrogen (secondary N) is 2. The Bertz CT molecular complexity index is 371. The predicted molar refractivity (Wildman–Crippen MR) is 74.5 cm³/mol. The fraction of sp³-hybridized carbons (Fsp3) is 0.533. The highest BCUT2D eigenvalue weighted by molar-refractivity contribution is 5.90. The van der Waals surface area contributed by atoms with Gasteiger partial charge >= 0.3 is 0 Å². The molecule has 1 aromatic rings. The second-order valence-corrected chi connectivity index (χ2v) is 5.15.